The molecule has 0 aliphatic carbocycles. The summed E-state index contributed by atoms with van der Waals surface area (Å²) in [5, 5.41) is 9.80. The Morgan fingerprint density at radius 1 is 1.24 bits per heavy atom. The van der Waals surface area contributed by atoms with Gasteiger partial charge in [0.05, 0.1) is 12.5 Å². The molecule has 0 spiro atoms. The van der Waals surface area contributed by atoms with Crippen molar-refractivity contribution in [1.82, 2.24) is 4.90 Å². The lowest BCUT2D eigenvalue weighted by molar-refractivity contribution is -0.136. The Labute approximate surface area is 129 Å². The van der Waals surface area contributed by atoms with E-state index in [-0.39, 0.29) is 24.1 Å². The molecular weight excluding hydrogens is 284 g/mol. The average molecular weight is 304 g/mol. The van der Waals surface area contributed by atoms with E-state index in [1.165, 1.54) is 0 Å². The maximum absolute atomic E-state index is 12.5. The molecule has 2 aliphatic rings. The lowest BCUT2D eigenvalue weighted by Crippen LogP contribution is -2.48. The number of fused-ring (bicyclic) bond motifs is 2. The van der Waals surface area contributed by atoms with Gasteiger partial charge in [0.2, 0.25) is 5.91 Å². The molecule has 0 radical (unpaired) electrons. The van der Waals surface area contributed by atoms with E-state index in [0.717, 1.165) is 36.8 Å². The summed E-state index contributed by atoms with van der Waals surface area (Å²) in [5.74, 6) is 0.164. The van der Waals surface area contributed by atoms with Gasteiger partial charge in [-0.05, 0) is 31.2 Å². The number of benzene rings is 1. The fourth-order valence-electron chi connectivity index (χ4n) is 3.61. The van der Waals surface area contributed by atoms with Crippen LogP contribution in [0.1, 0.15) is 36.8 Å². The predicted octanol–water partition coefficient (Wildman–Crippen LogP) is 1.38. The molecule has 2 saturated heterocycles. The summed E-state index contributed by atoms with van der Waals surface area (Å²) in [6, 6.07) is 7.99. The van der Waals surface area contributed by atoms with Crippen molar-refractivity contribution < 1.29 is 9.90 Å². The minimum atomic E-state index is -0.239. The third-order valence-corrected chi connectivity index (χ3v) is 4.83. The van der Waals surface area contributed by atoms with Crippen molar-refractivity contribution in [2.45, 2.75) is 50.3 Å². The first-order valence-corrected chi connectivity index (χ1v) is 7.83. The summed E-state index contributed by atoms with van der Waals surface area (Å²) in [6.45, 7) is 0. The van der Waals surface area contributed by atoms with E-state index < -0.39 is 0 Å². The first kappa shape index (κ1) is 14.5. The Kier molecular flexibility index (Phi) is 3.95. The molecule has 2 atom stereocenters. The molecule has 2 unspecified atom stereocenters. The predicted molar refractivity (Wildman–Crippen MR) is 84.9 cm³/mol. The van der Waals surface area contributed by atoms with E-state index in [4.69, 9.17) is 18.0 Å². The maximum Gasteiger partial charge on any atom is 0.227 e. The molecule has 0 aromatic heterocycles. The molecule has 4 nitrogen and oxygen atoms in total. The van der Waals surface area contributed by atoms with Gasteiger partial charge in [-0.2, -0.15) is 0 Å². The van der Waals surface area contributed by atoms with Crippen LogP contribution < -0.4 is 5.73 Å². The van der Waals surface area contributed by atoms with Gasteiger partial charge in [-0.3, -0.25) is 4.79 Å². The summed E-state index contributed by atoms with van der Waals surface area (Å²) in [5.41, 5.74) is 7.37. The van der Waals surface area contributed by atoms with Gasteiger partial charge in [0.15, 0.2) is 0 Å². The van der Waals surface area contributed by atoms with Crippen molar-refractivity contribution in [3.8, 4) is 0 Å². The van der Waals surface area contributed by atoms with Crippen LogP contribution in [-0.4, -0.2) is 39.1 Å². The second kappa shape index (κ2) is 5.73. The van der Waals surface area contributed by atoms with Crippen LogP contribution in [0.3, 0.4) is 0 Å². The molecule has 1 aromatic carbocycles. The number of thiocarbonyl (C=S) groups is 1. The van der Waals surface area contributed by atoms with Crippen LogP contribution >= 0.6 is 12.2 Å². The monoisotopic (exact) mass is 304 g/mol. The van der Waals surface area contributed by atoms with Gasteiger partial charge >= 0.3 is 0 Å². The van der Waals surface area contributed by atoms with E-state index in [9.17, 15) is 9.90 Å². The van der Waals surface area contributed by atoms with Crippen molar-refractivity contribution in [3.63, 3.8) is 0 Å². The number of carbonyl (C=O) groups is 1. The van der Waals surface area contributed by atoms with Crippen LogP contribution in [-0.2, 0) is 11.2 Å². The Morgan fingerprint density at radius 3 is 2.33 bits per heavy atom. The molecule has 2 bridgehead atoms. The number of nitrogens with two attached hydrogens (primary N) is 1. The lowest BCUT2D eigenvalue weighted by Gasteiger charge is -2.37. The molecule has 5 heteroatoms. The third kappa shape index (κ3) is 2.94. The Morgan fingerprint density at radius 2 is 1.81 bits per heavy atom. The summed E-state index contributed by atoms with van der Waals surface area (Å²) in [4.78, 5) is 14.9. The largest absolute Gasteiger partial charge is 0.393 e. The highest BCUT2D eigenvalue weighted by molar-refractivity contribution is 7.80. The quantitative estimate of drug-likeness (QED) is 0.828. The van der Waals surface area contributed by atoms with Gasteiger partial charge in [-0.1, -0.05) is 36.5 Å². The first-order chi connectivity index (χ1) is 10.0. The zero-order valence-electron chi connectivity index (χ0n) is 11.9. The number of carbonyl (C=O) groups excluding carboxylic acids is 1. The van der Waals surface area contributed by atoms with Crippen LogP contribution in [0, 0.1) is 0 Å². The van der Waals surface area contributed by atoms with Gasteiger partial charge in [0.25, 0.3) is 0 Å². The zero-order chi connectivity index (χ0) is 15.0. The van der Waals surface area contributed by atoms with Crippen LogP contribution in [0.25, 0.3) is 0 Å². The molecular formula is C16H20N2O2S. The number of piperidine rings is 1. The van der Waals surface area contributed by atoms with E-state index in [1.807, 2.05) is 29.2 Å². The smallest absolute Gasteiger partial charge is 0.227 e. The fourth-order valence-corrected chi connectivity index (χ4v) is 3.74. The second-order valence-electron chi connectivity index (χ2n) is 6.05. The van der Waals surface area contributed by atoms with Crippen molar-refractivity contribution in [2.24, 2.45) is 5.73 Å². The minimum Gasteiger partial charge on any atom is -0.393 e. The van der Waals surface area contributed by atoms with Crippen LogP contribution in [0.4, 0.5) is 0 Å². The molecule has 0 saturated carbocycles. The minimum absolute atomic E-state index is 0.164. The van der Waals surface area contributed by atoms with E-state index in [1.54, 1.807) is 0 Å². The van der Waals surface area contributed by atoms with Crippen molar-refractivity contribution >= 4 is 23.1 Å². The van der Waals surface area contributed by atoms with Crippen LogP contribution in [0.5, 0.6) is 0 Å². The third-order valence-electron chi connectivity index (χ3n) is 4.59. The van der Waals surface area contributed by atoms with E-state index in [0.29, 0.717) is 11.4 Å². The number of hydrogen-bond acceptors (Lipinski definition) is 3. The zero-order valence-corrected chi connectivity index (χ0v) is 12.7. The van der Waals surface area contributed by atoms with Crippen LogP contribution in [0.15, 0.2) is 24.3 Å². The van der Waals surface area contributed by atoms with Crippen LogP contribution in [0.2, 0.25) is 0 Å². The first-order valence-electron chi connectivity index (χ1n) is 7.42. The SMILES string of the molecule is NC(=S)c1ccc(CC(=O)N2C3CCC2CC(O)C3)cc1. The number of aliphatic hydroxyl groups is 1. The molecule has 1 amide bonds. The van der Waals surface area contributed by atoms with Crippen molar-refractivity contribution in [2.75, 3.05) is 0 Å². The highest BCUT2D eigenvalue weighted by atomic mass is 32.1. The molecule has 112 valence electrons. The highest BCUT2D eigenvalue weighted by Gasteiger charge is 2.42. The van der Waals surface area contributed by atoms with Gasteiger partial charge < -0.3 is 15.7 Å². The molecule has 21 heavy (non-hydrogen) atoms. The van der Waals surface area contributed by atoms with Gasteiger partial charge in [-0.25, -0.2) is 0 Å². The second-order valence-corrected chi connectivity index (χ2v) is 6.49. The Hall–Kier alpha value is -1.46. The Balaban J connectivity index is 1.68. The summed E-state index contributed by atoms with van der Waals surface area (Å²) < 4.78 is 0. The number of rotatable bonds is 3. The lowest BCUT2D eigenvalue weighted by atomic mass is 9.98. The topological polar surface area (TPSA) is 66.6 Å². The molecule has 2 heterocycles. The van der Waals surface area contributed by atoms with Crippen molar-refractivity contribution in [1.29, 1.82) is 0 Å². The number of amides is 1. The molecule has 2 fully saturated rings. The normalized spacial score (nSPS) is 27.7. The molecule has 2 aliphatic heterocycles. The van der Waals surface area contributed by atoms with Gasteiger partial charge in [0, 0.05) is 17.6 Å². The number of nitrogens with zero attached hydrogens (tertiary/aromatic N) is 1. The Bertz CT molecular complexity index is 544. The molecule has 1 aromatic rings. The van der Waals surface area contributed by atoms with Gasteiger partial charge in [0.1, 0.15) is 4.99 Å². The van der Waals surface area contributed by atoms with Crippen molar-refractivity contribution in [3.05, 3.63) is 35.4 Å². The summed E-state index contributed by atoms with van der Waals surface area (Å²) >= 11 is 4.92. The highest BCUT2D eigenvalue weighted by Crippen LogP contribution is 2.36. The number of hydrogen-bond donors (Lipinski definition) is 2. The standard InChI is InChI=1S/C16H20N2O2S/c17-16(21)11-3-1-10(2-4-11)7-15(20)18-12-5-6-13(18)9-14(19)8-12/h1-4,12-14,19H,5-9H2,(H2,17,21). The van der Waals surface area contributed by atoms with E-state index >= 15 is 0 Å². The maximum atomic E-state index is 12.5. The van der Waals surface area contributed by atoms with E-state index in [2.05, 4.69) is 0 Å². The average Bonchev–Trinajstić information content (AvgIpc) is 2.72. The fraction of sp³-hybridized carbons (Fsp3) is 0.500. The molecule has 3 rings (SSSR count). The molecule has 3 N–H and O–H groups in total. The van der Waals surface area contributed by atoms with Gasteiger partial charge in [-0.15, -0.1) is 0 Å². The summed E-state index contributed by atoms with van der Waals surface area (Å²) in [7, 11) is 0. The number of aliphatic hydroxyl groups excluding tert-OH is 1. The summed E-state index contributed by atoms with van der Waals surface area (Å²) in [6.07, 6.45) is 3.66.